The van der Waals surface area contributed by atoms with Crippen molar-refractivity contribution in [2.24, 2.45) is 7.05 Å². The summed E-state index contributed by atoms with van der Waals surface area (Å²) in [6.07, 6.45) is 1.55. The molecule has 3 heterocycles. The zero-order valence-corrected chi connectivity index (χ0v) is 17.8. The van der Waals surface area contributed by atoms with Crippen LogP contribution in [0.3, 0.4) is 0 Å². The van der Waals surface area contributed by atoms with E-state index in [0.717, 1.165) is 0 Å². The first kappa shape index (κ1) is 20.5. The van der Waals surface area contributed by atoms with Crippen LogP contribution in [0.5, 0.6) is 0 Å². The highest BCUT2D eigenvalue weighted by molar-refractivity contribution is 7.91. The monoisotopic (exact) mass is 439 g/mol. The number of nitrogen functional groups attached to an aromatic ring is 1. The smallest absolute Gasteiger partial charge is 0.261 e. The van der Waals surface area contributed by atoms with E-state index in [4.69, 9.17) is 5.73 Å². The van der Waals surface area contributed by atoms with Crippen molar-refractivity contribution in [2.75, 3.05) is 10.5 Å². The Morgan fingerprint density at radius 3 is 2.61 bits per heavy atom. The molecule has 160 valence electrons. The molecule has 0 amide bonds. The van der Waals surface area contributed by atoms with Crippen LogP contribution in [0.15, 0.2) is 53.5 Å². The quantitative estimate of drug-likeness (QED) is 0.467. The Hall–Kier alpha value is -3.73. The minimum atomic E-state index is -3.68. The Bertz CT molecular complexity index is 1430. The number of fused-ring (bicyclic) bond motifs is 1. The van der Waals surface area contributed by atoms with Crippen LogP contribution in [0.25, 0.3) is 22.3 Å². The van der Waals surface area contributed by atoms with Crippen molar-refractivity contribution in [1.82, 2.24) is 24.3 Å². The van der Waals surface area contributed by atoms with E-state index >= 15 is 0 Å². The number of anilines is 2. The summed E-state index contributed by atoms with van der Waals surface area (Å²) in [6, 6.07) is 12.0. The second kappa shape index (κ2) is 7.84. The molecule has 0 bridgehead atoms. The first-order valence-corrected chi connectivity index (χ1v) is 11.2. The van der Waals surface area contributed by atoms with E-state index < -0.39 is 10.0 Å². The SMILES string of the molecule is CCn1c(=O)c(-c2cc(NS(=O)(=O)Cc3ccccc3)nn2C)cc2cnc(N)nc21. The number of aryl methyl sites for hydroxylation is 2. The molecule has 4 aromatic rings. The predicted octanol–water partition coefficient (Wildman–Crippen LogP) is 1.74. The van der Waals surface area contributed by atoms with Gasteiger partial charge in [0.25, 0.3) is 5.56 Å². The summed E-state index contributed by atoms with van der Waals surface area (Å²) in [5.74, 6) is 0.0268. The zero-order valence-electron chi connectivity index (χ0n) is 17.0. The summed E-state index contributed by atoms with van der Waals surface area (Å²) in [7, 11) is -2.04. The van der Waals surface area contributed by atoms with Crippen molar-refractivity contribution in [2.45, 2.75) is 19.2 Å². The Morgan fingerprint density at radius 1 is 1.16 bits per heavy atom. The molecule has 0 fully saturated rings. The minimum absolute atomic E-state index is 0.0810. The largest absolute Gasteiger partial charge is 0.368 e. The number of sulfonamides is 1. The van der Waals surface area contributed by atoms with Crippen molar-refractivity contribution in [3.8, 4) is 11.3 Å². The number of nitrogens with one attached hydrogen (secondary N) is 1. The fourth-order valence-electron chi connectivity index (χ4n) is 3.41. The van der Waals surface area contributed by atoms with Gasteiger partial charge in [0.15, 0.2) is 5.82 Å². The number of nitrogens with zero attached hydrogens (tertiary/aromatic N) is 5. The van der Waals surface area contributed by atoms with Crippen molar-refractivity contribution in [1.29, 1.82) is 0 Å². The number of hydrogen-bond acceptors (Lipinski definition) is 7. The van der Waals surface area contributed by atoms with E-state index in [2.05, 4.69) is 19.8 Å². The molecule has 11 heteroatoms. The Balaban J connectivity index is 1.73. The summed E-state index contributed by atoms with van der Waals surface area (Å²) >= 11 is 0. The van der Waals surface area contributed by atoms with E-state index in [9.17, 15) is 13.2 Å². The number of aromatic nitrogens is 5. The maximum atomic E-state index is 13.1. The van der Waals surface area contributed by atoms with Gasteiger partial charge in [-0.2, -0.15) is 10.1 Å². The van der Waals surface area contributed by atoms with Gasteiger partial charge in [-0.05, 0) is 18.6 Å². The molecule has 0 saturated heterocycles. The van der Waals surface area contributed by atoms with E-state index in [-0.39, 0.29) is 23.1 Å². The molecule has 31 heavy (non-hydrogen) atoms. The van der Waals surface area contributed by atoms with E-state index in [0.29, 0.717) is 34.4 Å². The molecule has 0 saturated carbocycles. The zero-order chi connectivity index (χ0) is 22.2. The Kier molecular flexibility index (Phi) is 5.19. The number of nitrogens with two attached hydrogens (primary N) is 1. The molecule has 0 spiro atoms. The van der Waals surface area contributed by atoms with Gasteiger partial charge in [-0.1, -0.05) is 30.3 Å². The molecule has 0 aliphatic heterocycles. The third-order valence-electron chi connectivity index (χ3n) is 4.78. The normalized spacial score (nSPS) is 11.7. The average Bonchev–Trinajstić information content (AvgIpc) is 3.07. The first-order chi connectivity index (χ1) is 14.8. The molecule has 10 nitrogen and oxygen atoms in total. The number of benzene rings is 1. The van der Waals surface area contributed by atoms with Crippen molar-refractivity contribution < 1.29 is 8.42 Å². The maximum absolute atomic E-state index is 13.1. The van der Waals surface area contributed by atoms with Gasteiger partial charge < -0.3 is 5.73 Å². The molecule has 1 aromatic carbocycles. The molecule has 0 aliphatic rings. The topological polar surface area (TPSA) is 138 Å². The Labute approximate surface area is 178 Å². The molecular weight excluding hydrogens is 418 g/mol. The summed E-state index contributed by atoms with van der Waals surface area (Å²) in [5.41, 5.74) is 7.30. The van der Waals surface area contributed by atoms with Gasteiger partial charge in [-0.3, -0.25) is 18.8 Å². The van der Waals surface area contributed by atoms with Gasteiger partial charge in [0.1, 0.15) is 5.65 Å². The fourth-order valence-corrected chi connectivity index (χ4v) is 4.53. The van der Waals surface area contributed by atoms with Gasteiger partial charge in [-0.25, -0.2) is 13.4 Å². The molecule has 0 atom stereocenters. The number of hydrogen-bond donors (Lipinski definition) is 2. The van der Waals surface area contributed by atoms with E-state index in [1.165, 1.54) is 15.3 Å². The van der Waals surface area contributed by atoms with Crippen LogP contribution >= 0.6 is 0 Å². The van der Waals surface area contributed by atoms with Crippen molar-refractivity contribution >= 4 is 32.8 Å². The van der Waals surface area contributed by atoms with Crippen LogP contribution in [0.2, 0.25) is 0 Å². The molecule has 3 N–H and O–H groups in total. The first-order valence-electron chi connectivity index (χ1n) is 9.52. The molecule has 0 aliphatic carbocycles. The van der Waals surface area contributed by atoms with Gasteiger partial charge in [0.05, 0.1) is 17.0 Å². The number of pyridine rings is 1. The lowest BCUT2D eigenvalue weighted by Gasteiger charge is -2.10. The molecular formula is C20H21N7O3S. The standard InChI is InChI=1S/C20H21N7O3S/c1-3-27-18-14(11-22-20(21)23-18)9-15(19(27)28)16-10-17(24-26(16)2)25-31(29,30)12-13-7-5-4-6-8-13/h4-11H,3,12H2,1-2H3,(H,24,25)(H2,21,22,23). The second-order valence-electron chi connectivity index (χ2n) is 7.00. The highest BCUT2D eigenvalue weighted by Gasteiger charge is 2.19. The van der Waals surface area contributed by atoms with Crippen molar-refractivity contribution in [3.63, 3.8) is 0 Å². The summed E-state index contributed by atoms with van der Waals surface area (Å²) in [5, 5.41) is 4.87. The number of rotatable bonds is 6. The minimum Gasteiger partial charge on any atom is -0.368 e. The third-order valence-corrected chi connectivity index (χ3v) is 6.01. The van der Waals surface area contributed by atoms with Gasteiger partial charge >= 0.3 is 0 Å². The maximum Gasteiger partial charge on any atom is 0.261 e. The van der Waals surface area contributed by atoms with E-state index in [1.807, 2.05) is 13.0 Å². The van der Waals surface area contributed by atoms with Crippen LogP contribution in [-0.4, -0.2) is 32.7 Å². The van der Waals surface area contributed by atoms with Crippen molar-refractivity contribution in [3.05, 3.63) is 64.6 Å². The summed E-state index contributed by atoms with van der Waals surface area (Å²) < 4.78 is 30.5. The van der Waals surface area contributed by atoms with Crippen LogP contribution < -0.4 is 16.0 Å². The van der Waals surface area contributed by atoms with Gasteiger partial charge in [0.2, 0.25) is 16.0 Å². The lowest BCUT2D eigenvalue weighted by atomic mass is 10.1. The molecule has 4 rings (SSSR count). The highest BCUT2D eigenvalue weighted by Crippen LogP contribution is 2.23. The van der Waals surface area contributed by atoms with Gasteiger partial charge in [0, 0.05) is 31.2 Å². The van der Waals surface area contributed by atoms with Gasteiger partial charge in [-0.15, -0.1) is 0 Å². The van der Waals surface area contributed by atoms with Crippen LogP contribution in [0.1, 0.15) is 12.5 Å². The van der Waals surface area contributed by atoms with Crippen LogP contribution in [0.4, 0.5) is 11.8 Å². The predicted molar refractivity (Wildman–Crippen MR) is 119 cm³/mol. The molecule has 0 radical (unpaired) electrons. The molecule has 0 unspecified atom stereocenters. The second-order valence-corrected chi connectivity index (χ2v) is 8.72. The third kappa shape index (κ3) is 4.12. The highest BCUT2D eigenvalue weighted by atomic mass is 32.2. The lowest BCUT2D eigenvalue weighted by molar-refractivity contribution is 0.600. The fraction of sp³-hybridized carbons (Fsp3) is 0.200. The molecule has 3 aromatic heterocycles. The average molecular weight is 440 g/mol. The summed E-state index contributed by atoms with van der Waals surface area (Å²) in [6.45, 7) is 2.21. The van der Waals surface area contributed by atoms with Crippen LogP contribution in [0, 0.1) is 0 Å². The summed E-state index contributed by atoms with van der Waals surface area (Å²) in [4.78, 5) is 21.3. The van der Waals surface area contributed by atoms with E-state index in [1.54, 1.807) is 43.6 Å². The van der Waals surface area contributed by atoms with Crippen LogP contribution in [-0.2, 0) is 29.4 Å². The Morgan fingerprint density at radius 2 is 1.90 bits per heavy atom. The lowest BCUT2D eigenvalue weighted by Crippen LogP contribution is -2.23.